The van der Waals surface area contributed by atoms with Crippen molar-refractivity contribution in [2.75, 3.05) is 13.7 Å². The van der Waals surface area contributed by atoms with Gasteiger partial charge in [0.1, 0.15) is 11.6 Å². The van der Waals surface area contributed by atoms with Crippen LogP contribution in [-0.4, -0.2) is 25.6 Å². The highest BCUT2D eigenvalue weighted by Gasteiger charge is 2.42. The van der Waals surface area contributed by atoms with E-state index >= 15 is 0 Å². The minimum atomic E-state index is -4.90. The van der Waals surface area contributed by atoms with Crippen molar-refractivity contribution in [3.8, 4) is 5.75 Å². The summed E-state index contributed by atoms with van der Waals surface area (Å²) in [6.07, 6.45) is -4.14. The number of rotatable bonds is 7. The van der Waals surface area contributed by atoms with Crippen molar-refractivity contribution in [1.82, 2.24) is 10.6 Å². The molecule has 1 aliphatic heterocycles. The van der Waals surface area contributed by atoms with Gasteiger partial charge in [0.05, 0.1) is 24.3 Å². The van der Waals surface area contributed by atoms with Crippen molar-refractivity contribution in [2.24, 2.45) is 0 Å². The zero-order chi connectivity index (χ0) is 26.8. The first-order valence-corrected chi connectivity index (χ1v) is 11.5. The van der Waals surface area contributed by atoms with Gasteiger partial charge in [0.15, 0.2) is 11.6 Å². The van der Waals surface area contributed by atoms with Crippen LogP contribution in [0.3, 0.4) is 0 Å². The van der Waals surface area contributed by atoms with Crippen LogP contribution in [-0.2, 0) is 22.9 Å². The van der Waals surface area contributed by atoms with Gasteiger partial charge in [-0.1, -0.05) is 24.3 Å². The molecule has 1 aliphatic rings. The molecule has 0 aromatic heterocycles. The minimum Gasteiger partial charge on any atom is -0.494 e. The van der Waals surface area contributed by atoms with Crippen LogP contribution < -0.4 is 15.4 Å². The second-order valence-corrected chi connectivity index (χ2v) is 8.89. The summed E-state index contributed by atoms with van der Waals surface area (Å²) in [5.41, 5.74) is -3.37. The smallest absolute Gasteiger partial charge is 0.416 e. The van der Waals surface area contributed by atoms with Crippen molar-refractivity contribution in [3.63, 3.8) is 0 Å². The lowest BCUT2D eigenvalue weighted by Gasteiger charge is -2.38. The summed E-state index contributed by atoms with van der Waals surface area (Å²) in [6, 6.07) is 10.3. The number of amides is 1. The van der Waals surface area contributed by atoms with Gasteiger partial charge >= 0.3 is 6.18 Å². The molecule has 0 bridgehead atoms. The summed E-state index contributed by atoms with van der Waals surface area (Å²) in [5, 5.41) is 5.79. The molecule has 1 fully saturated rings. The minimum absolute atomic E-state index is 0.0447. The van der Waals surface area contributed by atoms with Crippen molar-refractivity contribution >= 4 is 5.91 Å². The average molecular weight is 522 g/mol. The molecular weight excluding hydrogens is 498 g/mol. The van der Waals surface area contributed by atoms with Gasteiger partial charge in [-0.15, -0.1) is 0 Å². The molecule has 4 nitrogen and oxygen atoms in total. The molecule has 196 valence electrons. The number of hydrogen-bond acceptors (Lipinski definition) is 3. The van der Waals surface area contributed by atoms with Crippen molar-refractivity contribution in [2.45, 2.75) is 37.0 Å². The summed E-state index contributed by atoms with van der Waals surface area (Å²) in [7, 11) is 1.20. The fourth-order valence-electron chi connectivity index (χ4n) is 4.62. The SMILES string of the molecule is COc1cc([C@@](Cc2ccccc2F)(NC(=O)C2CCCN2)c2cc(F)cc(C(F)(F)F)c2)ccc1F. The Morgan fingerprint density at radius 2 is 1.70 bits per heavy atom. The van der Waals surface area contributed by atoms with E-state index in [1.54, 1.807) is 0 Å². The predicted octanol–water partition coefficient (Wildman–Crippen LogP) is 5.49. The number of nitrogens with one attached hydrogen (secondary N) is 2. The molecule has 0 spiro atoms. The number of carbonyl (C=O) groups is 1. The monoisotopic (exact) mass is 522 g/mol. The first-order chi connectivity index (χ1) is 17.5. The van der Waals surface area contributed by atoms with Crippen molar-refractivity contribution in [3.05, 3.63) is 100 Å². The van der Waals surface area contributed by atoms with Gasteiger partial charge in [-0.2, -0.15) is 13.2 Å². The Morgan fingerprint density at radius 3 is 2.35 bits per heavy atom. The lowest BCUT2D eigenvalue weighted by molar-refractivity contribution is -0.137. The molecule has 1 amide bonds. The van der Waals surface area contributed by atoms with E-state index in [0.717, 1.165) is 12.1 Å². The van der Waals surface area contributed by atoms with Crippen molar-refractivity contribution < 1.29 is 35.9 Å². The van der Waals surface area contributed by atoms with Crippen LogP contribution in [0, 0.1) is 17.5 Å². The summed E-state index contributed by atoms with van der Waals surface area (Å²) < 4.78 is 90.1. The van der Waals surface area contributed by atoms with Crippen LogP contribution in [0.2, 0.25) is 0 Å². The highest BCUT2D eigenvalue weighted by Crippen LogP contribution is 2.40. The van der Waals surface area contributed by atoms with E-state index < -0.39 is 53.1 Å². The predicted molar refractivity (Wildman–Crippen MR) is 124 cm³/mol. The highest BCUT2D eigenvalue weighted by atomic mass is 19.4. The van der Waals surface area contributed by atoms with Crippen LogP contribution in [0.1, 0.15) is 35.1 Å². The maximum atomic E-state index is 14.9. The Hall–Kier alpha value is -3.53. The summed E-state index contributed by atoms with van der Waals surface area (Å²) in [5.74, 6) is -3.47. The number of ether oxygens (including phenoxy) is 1. The number of benzene rings is 3. The fraction of sp³-hybridized carbons (Fsp3) is 0.296. The summed E-state index contributed by atoms with van der Waals surface area (Å²) in [6.45, 7) is 0.557. The molecule has 2 N–H and O–H groups in total. The number of alkyl halides is 3. The lowest BCUT2D eigenvalue weighted by atomic mass is 9.76. The zero-order valence-corrected chi connectivity index (χ0v) is 19.8. The van der Waals surface area contributed by atoms with Gasteiger partial charge in [0.2, 0.25) is 5.91 Å². The zero-order valence-electron chi connectivity index (χ0n) is 19.8. The quantitative estimate of drug-likeness (QED) is 0.404. The average Bonchev–Trinajstić information content (AvgIpc) is 3.40. The van der Waals surface area contributed by atoms with E-state index in [1.807, 2.05) is 0 Å². The molecule has 37 heavy (non-hydrogen) atoms. The van der Waals surface area contributed by atoms with Crippen LogP contribution in [0.5, 0.6) is 5.75 Å². The van der Waals surface area contributed by atoms with Gasteiger partial charge < -0.3 is 15.4 Å². The molecule has 10 heteroatoms. The van der Waals surface area contributed by atoms with Crippen LogP contribution in [0.25, 0.3) is 0 Å². The molecule has 1 unspecified atom stereocenters. The maximum absolute atomic E-state index is 14.9. The molecule has 1 saturated heterocycles. The Bertz CT molecular complexity index is 1290. The summed E-state index contributed by atoms with van der Waals surface area (Å²) >= 11 is 0. The number of methoxy groups -OCH3 is 1. The number of halogens is 6. The van der Waals surface area contributed by atoms with Crippen molar-refractivity contribution in [1.29, 1.82) is 0 Å². The van der Waals surface area contributed by atoms with E-state index in [4.69, 9.17) is 4.74 Å². The van der Waals surface area contributed by atoms with Crippen LogP contribution in [0.4, 0.5) is 26.3 Å². The Balaban J connectivity index is 2.01. The highest BCUT2D eigenvalue weighted by molar-refractivity contribution is 5.83. The Kier molecular flexibility index (Phi) is 7.49. The molecule has 0 aliphatic carbocycles. The molecule has 1 heterocycles. The normalized spacial score (nSPS) is 17.3. The van der Waals surface area contributed by atoms with Crippen LogP contribution >= 0.6 is 0 Å². The third-order valence-electron chi connectivity index (χ3n) is 6.49. The topological polar surface area (TPSA) is 50.4 Å². The van der Waals surface area contributed by atoms with E-state index in [0.29, 0.717) is 31.5 Å². The third kappa shape index (κ3) is 5.58. The maximum Gasteiger partial charge on any atom is 0.416 e. The molecule has 0 saturated carbocycles. The Labute approximate surface area is 209 Å². The molecule has 3 aromatic rings. The van der Waals surface area contributed by atoms with Crippen LogP contribution in [0.15, 0.2) is 60.7 Å². The third-order valence-corrected chi connectivity index (χ3v) is 6.49. The van der Waals surface area contributed by atoms with Gasteiger partial charge in [-0.05, 0) is 72.5 Å². The second kappa shape index (κ2) is 10.5. The van der Waals surface area contributed by atoms with E-state index in [2.05, 4.69) is 10.6 Å². The van der Waals surface area contributed by atoms with Gasteiger partial charge in [0.25, 0.3) is 0 Å². The number of carbonyl (C=O) groups excluding carboxylic acids is 1. The largest absolute Gasteiger partial charge is 0.494 e. The molecule has 3 aromatic carbocycles. The lowest BCUT2D eigenvalue weighted by Crippen LogP contribution is -2.53. The van der Waals surface area contributed by atoms with Gasteiger partial charge in [-0.25, -0.2) is 13.2 Å². The van der Waals surface area contributed by atoms with E-state index in [-0.39, 0.29) is 22.4 Å². The van der Waals surface area contributed by atoms with Gasteiger partial charge in [-0.3, -0.25) is 4.79 Å². The number of hydrogen-bond donors (Lipinski definition) is 2. The standard InChI is InChI=1S/C27H24F6N2O2/c1-37-24-14-17(8-9-22(24)30)26(15-16-5-2-3-6-21(16)29,35-25(36)23-7-4-10-34-23)18-11-19(27(31,32)33)13-20(28)12-18/h2-3,5-6,8-9,11-14,23,34H,4,7,10,15H2,1H3,(H,35,36)/t23?,26-/m1/s1. The van der Waals surface area contributed by atoms with E-state index in [1.165, 1.54) is 43.5 Å². The summed E-state index contributed by atoms with van der Waals surface area (Å²) in [4.78, 5) is 13.4. The molecular formula is C27H24F6N2O2. The Morgan fingerprint density at radius 1 is 0.973 bits per heavy atom. The van der Waals surface area contributed by atoms with E-state index in [9.17, 15) is 31.1 Å². The molecule has 4 rings (SSSR count). The second-order valence-electron chi connectivity index (χ2n) is 8.89. The fourth-order valence-corrected chi connectivity index (χ4v) is 4.62. The molecule has 2 atom stereocenters. The van der Waals surface area contributed by atoms with Gasteiger partial charge in [0, 0.05) is 6.42 Å². The first kappa shape index (κ1) is 26.5. The first-order valence-electron chi connectivity index (χ1n) is 11.5. The molecule has 0 radical (unpaired) electrons.